The molecule has 7 heteroatoms. The molecule has 1 amide bonds. The lowest BCUT2D eigenvalue weighted by Crippen LogP contribution is -2.44. The number of hydrogen-bond donors (Lipinski definition) is 2. The Hall–Kier alpha value is -1.35. The molecule has 3 rings (SSSR count). The molecule has 2 aliphatic heterocycles. The first-order valence-corrected chi connectivity index (χ1v) is 7.26. The van der Waals surface area contributed by atoms with E-state index in [1.165, 1.54) is 0 Å². The minimum Gasteiger partial charge on any atom is -0.378 e. The summed E-state index contributed by atoms with van der Waals surface area (Å²) in [5, 5.41) is 2.86. The number of guanidine groups is 1. The molecule has 0 aromatic heterocycles. The number of hydrogen-bond acceptors (Lipinski definition) is 3. The molecule has 0 unspecified atom stereocenters. The van der Waals surface area contributed by atoms with E-state index in [2.05, 4.69) is 10.3 Å². The molecule has 1 aromatic rings. The first-order chi connectivity index (χ1) is 10.2. The zero-order chi connectivity index (χ0) is 14.7. The summed E-state index contributed by atoms with van der Waals surface area (Å²) in [6, 6.07) is 5.96. The van der Waals surface area contributed by atoms with Crippen molar-refractivity contribution in [3.05, 3.63) is 34.9 Å². The van der Waals surface area contributed by atoms with Gasteiger partial charge in [-0.3, -0.25) is 4.79 Å². The van der Waals surface area contributed by atoms with Gasteiger partial charge in [-0.1, -0.05) is 12.1 Å². The Balaban J connectivity index is 0.00000176. The molecule has 2 heterocycles. The number of ether oxygens (including phenoxy) is 1. The molecule has 1 aromatic carbocycles. The third kappa shape index (κ3) is 3.89. The van der Waals surface area contributed by atoms with Crippen LogP contribution in [0, 0.1) is 0 Å². The third-order valence-corrected chi connectivity index (χ3v) is 3.86. The van der Waals surface area contributed by atoms with Crippen molar-refractivity contribution >= 4 is 35.8 Å². The lowest BCUT2D eigenvalue weighted by Gasteiger charge is -2.27. The number of fused-ring (bicyclic) bond motifs is 1. The largest absolute Gasteiger partial charge is 0.378 e. The normalized spacial score (nSPS) is 18.3. The van der Waals surface area contributed by atoms with Gasteiger partial charge in [-0.05, 0) is 23.6 Å². The van der Waals surface area contributed by atoms with Gasteiger partial charge in [0.1, 0.15) is 0 Å². The average Bonchev–Trinajstić information content (AvgIpc) is 2.54. The molecule has 0 aliphatic carbocycles. The van der Waals surface area contributed by atoms with Gasteiger partial charge in [0.15, 0.2) is 5.96 Å². The molecule has 120 valence electrons. The van der Waals surface area contributed by atoms with Gasteiger partial charge in [0.25, 0.3) is 5.91 Å². The first kappa shape index (κ1) is 17.0. The molecule has 3 N–H and O–H groups in total. The second kappa shape index (κ2) is 7.77. The summed E-state index contributed by atoms with van der Waals surface area (Å²) in [5.74, 6) is 0.545. The number of rotatable bonds is 2. The van der Waals surface area contributed by atoms with Crippen LogP contribution < -0.4 is 11.1 Å². The number of aliphatic imine (C=N–C) groups is 1. The van der Waals surface area contributed by atoms with Crippen molar-refractivity contribution in [3.63, 3.8) is 0 Å². The number of amides is 1. The third-order valence-electron chi connectivity index (χ3n) is 3.86. The van der Waals surface area contributed by atoms with Crippen molar-refractivity contribution in [1.29, 1.82) is 0 Å². The zero-order valence-electron chi connectivity index (χ0n) is 12.4. The maximum absolute atomic E-state index is 11.8. The van der Waals surface area contributed by atoms with Gasteiger partial charge in [0, 0.05) is 25.2 Å². The van der Waals surface area contributed by atoms with Crippen molar-refractivity contribution in [1.82, 2.24) is 10.2 Å². The maximum atomic E-state index is 11.8. The number of nitrogens with zero attached hydrogens (tertiary/aromatic N) is 2. The molecule has 2 aliphatic rings. The zero-order valence-corrected chi connectivity index (χ0v) is 14.7. The molecular formula is C15H21IN4O2. The number of carbonyl (C=O) groups excluding carboxylic acids is 1. The molecule has 22 heavy (non-hydrogen) atoms. The smallest absolute Gasteiger partial charge is 0.251 e. The SMILES string of the molecule is I.NC(=NCc1ccc2c(c1)C(=O)NCC2)N1CCOCC1. The van der Waals surface area contributed by atoms with Gasteiger partial charge >= 0.3 is 0 Å². The summed E-state index contributed by atoms with van der Waals surface area (Å²) in [6.45, 7) is 4.14. The summed E-state index contributed by atoms with van der Waals surface area (Å²) in [4.78, 5) is 18.3. The van der Waals surface area contributed by atoms with Gasteiger partial charge in [0.05, 0.1) is 19.8 Å². The highest BCUT2D eigenvalue weighted by molar-refractivity contribution is 14.0. The fourth-order valence-electron chi connectivity index (χ4n) is 2.62. The fraction of sp³-hybridized carbons (Fsp3) is 0.467. The van der Waals surface area contributed by atoms with E-state index in [9.17, 15) is 4.79 Å². The molecule has 6 nitrogen and oxygen atoms in total. The predicted molar refractivity (Wildman–Crippen MR) is 95.6 cm³/mol. The second-order valence-corrected chi connectivity index (χ2v) is 5.27. The molecular weight excluding hydrogens is 395 g/mol. The summed E-state index contributed by atoms with van der Waals surface area (Å²) < 4.78 is 5.29. The van der Waals surface area contributed by atoms with Crippen molar-refractivity contribution in [3.8, 4) is 0 Å². The minimum absolute atomic E-state index is 0. The van der Waals surface area contributed by atoms with Gasteiger partial charge in [-0.2, -0.15) is 0 Å². The Labute approximate surface area is 147 Å². The van der Waals surface area contributed by atoms with Crippen molar-refractivity contribution < 1.29 is 9.53 Å². The highest BCUT2D eigenvalue weighted by Gasteiger charge is 2.17. The average molecular weight is 416 g/mol. The van der Waals surface area contributed by atoms with Crippen LogP contribution in [0.25, 0.3) is 0 Å². The molecule has 0 spiro atoms. The van der Waals surface area contributed by atoms with Crippen LogP contribution in [0.1, 0.15) is 21.5 Å². The number of morpholine rings is 1. The molecule has 1 fully saturated rings. The van der Waals surface area contributed by atoms with E-state index in [-0.39, 0.29) is 29.9 Å². The van der Waals surface area contributed by atoms with Gasteiger partial charge in [-0.25, -0.2) is 4.99 Å². The summed E-state index contributed by atoms with van der Waals surface area (Å²) in [6.07, 6.45) is 0.889. The minimum atomic E-state index is 0. The van der Waals surface area contributed by atoms with Crippen LogP contribution in [0.2, 0.25) is 0 Å². The highest BCUT2D eigenvalue weighted by Crippen LogP contribution is 2.16. The summed E-state index contributed by atoms with van der Waals surface area (Å²) in [7, 11) is 0. The number of nitrogens with one attached hydrogen (secondary N) is 1. The Kier molecular flexibility index (Phi) is 6.01. The Bertz CT molecular complexity index is 571. The maximum Gasteiger partial charge on any atom is 0.251 e. The van der Waals surface area contributed by atoms with Crippen LogP contribution in [0.4, 0.5) is 0 Å². The van der Waals surface area contributed by atoms with Crippen molar-refractivity contribution in [2.45, 2.75) is 13.0 Å². The Morgan fingerprint density at radius 3 is 2.91 bits per heavy atom. The topological polar surface area (TPSA) is 79.9 Å². The summed E-state index contributed by atoms with van der Waals surface area (Å²) >= 11 is 0. The van der Waals surface area contributed by atoms with E-state index in [0.29, 0.717) is 32.3 Å². The van der Waals surface area contributed by atoms with E-state index < -0.39 is 0 Å². The van der Waals surface area contributed by atoms with E-state index in [0.717, 1.165) is 36.2 Å². The van der Waals surface area contributed by atoms with Crippen LogP contribution >= 0.6 is 24.0 Å². The van der Waals surface area contributed by atoms with Crippen molar-refractivity contribution in [2.75, 3.05) is 32.8 Å². The standard InChI is InChI=1S/C15H20N4O2.HI/c16-15(19-5-7-21-8-6-19)18-10-11-1-2-12-3-4-17-14(20)13(12)9-11;/h1-2,9H,3-8,10H2,(H2,16,18)(H,17,20);1H. The van der Waals surface area contributed by atoms with Crippen LogP contribution in [0.5, 0.6) is 0 Å². The lowest BCUT2D eigenvalue weighted by molar-refractivity contribution is 0.0674. The van der Waals surface area contributed by atoms with Crippen molar-refractivity contribution in [2.24, 2.45) is 10.7 Å². The monoisotopic (exact) mass is 416 g/mol. The van der Waals surface area contributed by atoms with E-state index in [1.807, 2.05) is 23.1 Å². The van der Waals surface area contributed by atoms with E-state index in [1.54, 1.807) is 0 Å². The first-order valence-electron chi connectivity index (χ1n) is 7.26. The molecule has 1 saturated heterocycles. The van der Waals surface area contributed by atoms with Crippen LogP contribution in [-0.2, 0) is 17.7 Å². The summed E-state index contributed by atoms with van der Waals surface area (Å²) in [5.41, 5.74) is 8.87. The van der Waals surface area contributed by atoms with Gasteiger partial charge in [0.2, 0.25) is 0 Å². The highest BCUT2D eigenvalue weighted by atomic mass is 127. The van der Waals surface area contributed by atoms with Gasteiger partial charge < -0.3 is 20.7 Å². The molecule has 0 saturated carbocycles. The number of carbonyl (C=O) groups is 1. The molecule has 0 atom stereocenters. The van der Waals surface area contributed by atoms with E-state index in [4.69, 9.17) is 10.5 Å². The number of halogens is 1. The predicted octanol–water partition coefficient (Wildman–Crippen LogP) is 0.737. The van der Waals surface area contributed by atoms with Gasteiger partial charge in [-0.15, -0.1) is 24.0 Å². The Morgan fingerprint density at radius 2 is 2.14 bits per heavy atom. The Morgan fingerprint density at radius 1 is 1.36 bits per heavy atom. The number of nitrogens with two attached hydrogens (primary N) is 1. The van der Waals surface area contributed by atoms with Crippen LogP contribution in [0.15, 0.2) is 23.2 Å². The quantitative estimate of drug-likeness (QED) is 0.424. The second-order valence-electron chi connectivity index (χ2n) is 5.27. The molecule has 0 bridgehead atoms. The van der Waals surface area contributed by atoms with Crippen LogP contribution in [0.3, 0.4) is 0 Å². The lowest BCUT2D eigenvalue weighted by atomic mass is 9.98. The number of benzene rings is 1. The van der Waals surface area contributed by atoms with Crippen LogP contribution in [-0.4, -0.2) is 49.6 Å². The van der Waals surface area contributed by atoms with E-state index >= 15 is 0 Å². The molecule has 0 radical (unpaired) electrons. The fourth-order valence-corrected chi connectivity index (χ4v) is 2.62.